The molecule has 0 saturated carbocycles. The maximum Gasteiger partial charge on any atom is 0.265 e. The van der Waals surface area contributed by atoms with Gasteiger partial charge in [-0.1, -0.05) is 38.1 Å². The van der Waals surface area contributed by atoms with Crippen LogP contribution >= 0.6 is 0 Å². The monoisotopic (exact) mass is 352 g/mol. The highest BCUT2D eigenvalue weighted by atomic mass is 16.5. The van der Waals surface area contributed by atoms with E-state index in [0.717, 1.165) is 35.2 Å². The third kappa shape index (κ3) is 3.57. The molecule has 0 atom stereocenters. The number of aryl methyl sites for hydroxylation is 3. The molecular formula is C21H24N2O3. The van der Waals surface area contributed by atoms with Gasteiger partial charge in [-0.15, -0.1) is 0 Å². The molecule has 2 amide bonds. The fourth-order valence-electron chi connectivity index (χ4n) is 3.21. The van der Waals surface area contributed by atoms with Crippen LogP contribution in [0.4, 0.5) is 11.4 Å². The normalized spacial score (nSPS) is 13.2. The summed E-state index contributed by atoms with van der Waals surface area (Å²) in [4.78, 5) is 26.5. The number of anilines is 2. The summed E-state index contributed by atoms with van der Waals surface area (Å²) in [7, 11) is 0. The lowest BCUT2D eigenvalue weighted by atomic mass is 10.0. The van der Waals surface area contributed by atoms with Crippen LogP contribution in [0.2, 0.25) is 0 Å². The van der Waals surface area contributed by atoms with Crippen LogP contribution in [0, 0.1) is 6.92 Å². The second-order valence-corrected chi connectivity index (χ2v) is 6.45. The second-order valence-electron chi connectivity index (χ2n) is 6.45. The molecule has 0 bridgehead atoms. The van der Waals surface area contributed by atoms with Crippen molar-refractivity contribution in [2.24, 2.45) is 0 Å². The summed E-state index contributed by atoms with van der Waals surface area (Å²) in [5, 5.41) is 3.02. The number of benzene rings is 2. The molecule has 3 rings (SSSR count). The van der Waals surface area contributed by atoms with E-state index in [1.165, 1.54) is 4.90 Å². The Morgan fingerprint density at radius 1 is 1.15 bits per heavy atom. The molecule has 26 heavy (non-hydrogen) atoms. The molecule has 1 N–H and O–H groups in total. The topological polar surface area (TPSA) is 58.6 Å². The molecule has 2 aromatic carbocycles. The third-order valence-electron chi connectivity index (χ3n) is 4.62. The molecule has 0 radical (unpaired) electrons. The molecule has 5 heteroatoms. The Morgan fingerprint density at radius 2 is 1.85 bits per heavy atom. The van der Waals surface area contributed by atoms with E-state index in [0.29, 0.717) is 11.4 Å². The quantitative estimate of drug-likeness (QED) is 0.896. The first-order valence-corrected chi connectivity index (χ1v) is 8.97. The number of nitrogens with one attached hydrogen (secondary N) is 1. The summed E-state index contributed by atoms with van der Waals surface area (Å²) in [5.41, 5.74) is 4.73. The summed E-state index contributed by atoms with van der Waals surface area (Å²) < 4.78 is 5.47. The van der Waals surface area contributed by atoms with Gasteiger partial charge in [-0.25, -0.2) is 0 Å². The average Bonchev–Trinajstić information content (AvgIpc) is 2.64. The number of nitrogens with zero attached hydrogens (tertiary/aromatic N) is 1. The maximum atomic E-state index is 12.7. The lowest BCUT2D eigenvalue weighted by Gasteiger charge is -2.29. The minimum absolute atomic E-state index is 0.0279. The van der Waals surface area contributed by atoms with E-state index in [9.17, 15) is 9.59 Å². The van der Waals surface area contributed by atoms with E-state index in [2.05, 4.69) is 19.2 Å². The van der Waals surface area contributed by atoms with Crippen molar-refractivity contribution >= 4 is 23.2 Å². The predicted octanol–water partition coefficient (Wildman–Crippen LogP) is 3.48. The van der Waals surface area contributed by atoms with Gasteiger partial charge in [0.2, 0.25) is 5.91 Å². The van der Waals surface area contributed by atoms with Gasteiger partial charge in [0.05, 0.1) is 5.69 Å². The SMILES string of the molecule is CCc1cccc(CC)c1NC(=O)CN1C(=O)COc2ccc(C)cc21. The number of fused-ring (bicyclic) bond motifs is 1. The Hall–Kier alpha value is -2.82. The summed E-state index contributed by atoms with van der Waals surface area (Å²) in [5.74, 6) is 0.215. The zero-order valence-electron chi connectivity index (χ0n) is 15.5. The highest BCUT2D eigenvalue weighted by Gasteiger charge is 2.27. The minimum atomic E-state index is -0.210. The van der Waals surface area contributed by atoms with Gasteiger partial charge in [0, 0.05) is 5.69 Å². The minimum Gasteiger partial charge on any atom is -0.482 e. The zero-order valence-corrected chi connectivity index (χ0v) is 15.5. The third-order valence-corrected chi connectivity index (χ3v) is 4.62. The molecule has 2 aromatic rings. The Labute approximate surface area is 154 Å². The molecule has 0 fully saturated rings. The number of carbonyl (C=O) groups is 2. The van der Waals surface area contributed by atoms with Crippen LogP contribution in [0.15, 0.2) is 36.4 Å². The summed E-state index contributed by atoms with van der Waals surface area (Å²) >= 11 is 0. The van der Waals surface area contributed by atoms with E-state index in [4.69, 9.17) is 4.74 Å². The van der Waals surface area contributed by atoms with Crippen LogP contribution in [0.5, 0.6) is 5.75 Å². The Morgan fingerprint density at radius 3 is 2.50 bits per heavy atom. The average molecular weight is 352 g/mol. The van der Waals surface area contributed by atoms with Crippen molar-refractivity contribution in [2.75, 3.05) is 23.4 Å². The first-order valence-electron chi connectivity index (χ1n) is 8.97. The van der Waals surface area contributed by atoms with Gasteiger partial charge in [-0.05, 0) is 48.6 Å². The van der Waals surface area contributed by atoms with Crippen molar-refractivity contribution in [3.63, 3.8) is 0 Å². The Bertz CT molecular complexity index is 823. The number of hydrogen-bond donors (Lipinski definition) is 1. The number of ether oxygens (including phenoxy) is 1. The van der Waals surface area contributed by atoms with Crippen LogP contribution in [0.1, 0.15) is 30.5 Å². The molecule has 0 unspecified atom stereocenters. The molecule has 5 nitrogen and oxygen atoms in total. The molecule has 1 aliphatic heterocycles. The number of rotatable bonds is 5. The summed E-state index contributed by atoms with van der Waals surface area (Å²) in [6, 6.07) is 11.7. The van der Waals surface area contributed by atoms with Crippen LogP contribution in [0.25, 0.3) is 0 Å². The highest BCUT2D eigenvalue weighted by Crippen LogP contribution is 2.33. The van der Waals surface area contributed by atoms with Crippen molar-refractivity contribution in [1.29, 1.82) is 0 Å². The molecule has 0 spiro atoms. The van der Waals surface area contributed by atoms with Crippen molar-refractivity contribution in [2.45, 2.75) is 33.6 Å². The van der Waals surface area contributed by atoms with Gasteiger partial charge < -0.3 is 10.1 Å². The number of hydrogen-bond acceptors (Lipinski definition) is 3. The van der Waals surface area contributed by atoms with Crippen LogP contribution in [-0.4, -0.2) is 25.0 Å². The Kier molecular flexibility index (Phi) is 5.26. The molecule has 1 aliphatic rings. The standard InChI is InChI=1S/C21H24N2O3/c1-4-15-7-6-8-16(5-2)21(15)22-19(24)12-23-17-11-14(3)9-10-18(17)26-13-20(23)25/h6-11H,4-5,12-13H2,1-3H3,(H,22,24). The van der Waals surface area contributed by atoms with Gasteiger partial charge in [0.15, 0.2) is 6.61 Å². The predicted molar refractivity (Wildman–Crippen MR) is 103 cm³/mol. The number of carbonyl (C=O) groups excluding carboxylic acids is 2. The van der Waals surface area contributed by atoms with E-state index < -0.39 is 0 Å². The van der Waals surface area contributed by atoms with E-state index >= 15 is 0 Å². The largest absolute Gasteiger partial charge is 0.482 e. The molecule has 136 valence electrons. The van der Waals surface area contributed by atoms with Gasteiger partial charge in [-0.3, -0.25) is 14.5 Å². The maximum absolute atomic E-state index is 12.7. The molecule has 1 heterocycles. The first kappa shape index (κ1) is 18.0. The first-order chi connectivity index (χ1) is 12.5. The second kappa shape index (κ2) is 7.60. The smallest absolute Gasteiger partial charge is 0.265 e. The van der Waals surface area contributed by atoms with Crippen LogP contribution in [0.3, 0.4) is 0 Å². The van der Waals surface area contributed by atoms with Gasteiger partial charge >= 0.3 is 0 Å². The van der Waals surface area contributed by atoms with Crippen LogP contribution < -0.4 is 15.0 Å². The molecule has 0 saturated heterocycles. The number of para-hydroxylation sites is 1. The summed E-state index contributed by atoms with van der Waals surface area (Å²) in [6.07, 6.45) is 1.67. The van der Waals surface area contributed by atoms with Crippen molar-refractivity contribution in [1.82, 2.24) is 0 Å². The van der Waals surface area contributed by atoms with Crippen molar-refractivity contribution in [3.8, 4) is 5.75 Å². The molecule has 0 aromatic heterocycles. The lowest BCUT2D eigenvalue weighted by Crippen LogP contribution is -2.43. The lowest BCUT2D eigenvalue weighted by molar-refractivity contribution is -0.123. The van der Waals surface area contributed by atoms with E-state index in [-0.39, 0.29) is 25.0 Å². The molecular weight excluding hydrogens is 328 g/mol. The summed E-state index contributed by atoms with van der Waals surface area (Å²) in [6.45, 7) is 6.00. The van der Waals surface area contributed by atoms with Crippen molar-refractivity contribution in [3.05, 3.63) is 53.1 Å². The van der Waals surface area contributed by atoms with Gasteiger partial charge in [0.25, 0.3) is 5.91 Å². The zero-order chi connectivity index (χ0) is 18.7. The fourth-order valence-corrected chi connectivity index (χ4v) is 3.21. The van der Waals surface area contributed by atoms with Gasteiger partial charge in [-0.2, -0.15) is 0 Å². The Balaban J connectivity index is 1.83. The van der Waals surface area contributed by atoms with E-state index in [1.807, 2.05) is 43.3 Å². The number of amides is 2. The van der Waals surface area contributed by atoms with E-state index in [1.54, 1.807) is 0 Å². The van der Waals surface area contributed by atoms with Gasteiger partial charge in [0.1, 0.15) is 12.3 Å². The fraction of sp³-hybridized carbons (Fsp3) is 0.333. The molecule has 0 aliphatic carbocycles. The highest BCUT2D eigenvalue weighted by molar-refractivity contribution is 6.05. The van der Waals surface area contributed by atoms with Crippen LogP contribution in [-0.2, 0) is 22.4 Å². The van der Waals surface area contributed by atoms with Crippen molar-refractivity contribution < 1.29 is 14.3 Å².